The minimum Gasteiger partial charge on any atom is -0.431 e. The first-order valence-corrected chi connectivity index (χ1v) is 11.0. The number of aromatic nitrogens is 1. The topological polar surface area (TPSA) is 78.7 Å². The van der Waals surface area contributed by atoms with E-state index in [9.17, 15) is 9.59 Å². The number of piperazine rings is 1. The molecule has 0 aliphatic carbocycles. The fourth-order valence-corrected chi connectivity index (χ4v) is 4.12. The smallest absolute Gasteiger partial charge is 0.257 e. The van der Waals surface area contributed by atoms with Crippen LogP contribution in [-0.4, -0.2) is 60.2 Å². The van der Waals surface area contributed by atoms with Gasteiger partial charge in [0.25, 0.3) is 5.22 Å². The summed E-state index contributed by atoms with van der Waals surface area (Å²) < 4.78 is 5.58. The second-order valence-corrected chi connectivity index (χ2v) is 8.22. The number of nitrogens with one attached hydrogen (secondary N) is 1. The molecule has 0 saturated carbocycles. The van der Waals surface area contributed by atoms with Crippen molar-refractivity contribution >= 4 is 52.0 Å². The van der Waals surface area contributed by atoms with E-state index in [4.69, 9.17) is 16.0 Å². The Morgan fingerprint density at radius 1 is 1.10 bits per heavy atom. The number of halogens is 1. The molecule has 1 N–H and O–H groups in total. The van der Waals surface area contributed by atoms with Gasteiger partial charge in [-0.3, -0.25) is 9.59 Å². The summed E-state index contributed by atoms with van der Waals surface area (Å²) in [5.74, 6) is -0.169. The van der Waals surface area contributed by atoms with Crippen molar-refractivity contribution in [3.8, 4) is 0 Å². The predicted octanol–water partition coefficient (Wildman–Crippen LogP) is 3.04. The molecule has 2 aromatic carbocycles. The molecule has 1 aromatic heterocycles. The summed E-state index contributed by atoms with van der Waals surface area (Å²) in [6.45, 7) is 2.67. The first-order chi connectivity index (χ1) is 14.6. The molecule has 1 aliphatic rings. The SMILES string of the molecule is O=C(CSc1nc2ccccc2o1)NCC(=O)N1CCN(c2cccc(Cl)c2)CC1. The Hall–Kier alpha value is -2.71. The molecule has 1 fully saturated rings. The Kier molecular flexibility index (Phi) is 6.44. The minimum absolute atomic E-state index is 0.00980. The lowest BCUT2D eigenvalue weighted by Gasteiger charge is -2.36. The number of benzene rings is 2. The molecular formula is C21H21ClN4O3S. The van der Waals surface area contributed by atoms with Gasteiger partial charge in [0.15, 0.2) is 5.58 Å². The highest BCUT2D eigenvalue weighted by molar-refractivity contribution is 7.99. The van der Waals surface area contributed by atoms with E-state index in [0.717, 1.165) is 24.3 Å². The molecular weight excluding hydrogens is 424 g/mol. The van der Waals surface area contributed by atoms with Gasteiger partial charge in [-0.1, -0.05) is 41.6 Å². The molecule has 2 amide bonds. The molecule has 1 aliphatic heterocycles. The van der Waals surface area contributed by atoms with Crippen LogP contribution < -0.4 is 10.2 Å². The maximum atomic E-state index is 12.4. The molecule has 0 radical (unpaired) electrons. The summed E-state index contributed by atoms with van der Waals surface area (Å²) >= 11 is 7.26. The van der Waals surface area contributed by atoms with Crippen molar-refractivity contribution in [2.45, 2.75) is 5.22 Å². The summed E-state index contributed by atoms with van der Waals surface area (Å²) in [5, 5.41) is 3.82. The van der Waals surface area contributed by atoms with Crippen LogP contribution in [0.1, 0.15) is 0 Å². The zero-order valence-electron chi connectivity index (χ0n) is 16.2. The maximum absolute atomic E-state index is 12.4. The van der Waals surface area contributed by atoms with Gasteiger partial charge in [0.2, 0.25) is 11.8 Å². The van der Waals surface area contributed by atoms with Crippen molar-refractivity contribution in [3.05, 3.63) is 53.6 Å². The van der Waals surface area contributed by atoms with Gasteiger partial charge in [-0.2, -0.15) is 0 Å². The maximum Gasteiger partial charge on any atom is 0.257 e. The number of carbonyl (C=O) groups excluding carboxylic acids is 2. The largest absolute Gasteiger partial charge is 0.431 e. The molecule has 156 valence electrons. The monoisotopic (exact) mass is 444 g/mol. The van der Waals surface area contributed by atoms with Crippen LogP contribution in [0.4, 0.5) is 5.69 Å². The lowest BCUT2D eigenvalue weighted by atomic mass is 10.2. The Bertz CT molecular complexity index is 1020. The molecule has 9 heteroatoms. The molecule has 0 bridgehead atoms. The van der Waals surface area contributed by atoms with E-state index in [0.29, 0.717) is 28.9 Å². The van der Waals surface area contributed by atoms with Crippen molar-refractivity contribution in [1.82, 2.24) is 15.2 Å². The van der Waals surface area contributed by atoms with Crippen LogP contribution >= 0.6 is 23.4 Å². The van der Waals surface area contributed by atoms with E-state index < -0.39 is 0 Å². The van der Waals surface area contributed by atoms with E-state index in [-0.39, 0.29) is 24.1 Å². The van der Waals surface area contributed by atoms with Gasteiger partial charge in [-0.15, -0.1) is 0 Å². The third-order valence-corrected chi connectivity index (χ3v) is 5.91. The number of hydrogen-bond acceptors (Lipinski definition) is 6. The zero-order chi connectivity index (χ0) is 20.9. The standard InChI is InChI=1S/C21H21ClN4O3S/c22-15-4-3-5-16(12-15)25-8-10-26(11-9-25)20(28)13-23-19(27)14-30-21-24-17-6-1-2-7-18(17)29-21/h1-7,12H,8-11,13-14H2,(H,23,27). The second kappa shape index (κ2) is 9.40. The van der Waals surface area contributed by atoms with Crippen LogP contribution in [0.2, 0.25) is 5.02 Å². The lowest BCUT2D eigenvalue weighted by molar-refractivity contribution is -0.132. The van der Waals surface area contributed by atoms with Crippen molar-refractivity contribution in [2.24, 2.45) is 0 Å². The van der Waals surface area contributed by atoms with Crippen LogP contribution in [0, 0.1) is 0 Å². The fourth-order valence-electron chi connectivity index (χ4n) is 3.26. The summed E-state index contributed by atoms with van der Waals surface area (Å²) in [6, 6.07) is 15.1. The van der Waals surface area contributed by atoms with E-state index in [1.54, 1.807) is 4.90 Å². The van der Waals surface area contributed by atoms with Crippen molar-refractivity contribution in [3.63, 3.8) is 0 Å². The van der Waals surface area contributed by atoms with Gasteiger partial charge in [-0.25, -0.2) is 4.98 Å². The predicted molar refractivity (Wildman–Crippen MR) is 118 cm³/mol. The highest BCUT2D eigenvalue weighted by atomic mass is 35.5. The Morgan fingerprint density at radius 3 is 2.67 bits per heavy atom. The lowest BCUT2D eigenvalue weighted by Crippen LogP contribution is -2.51. The number of oxazole rings is 1. The van der Waals surface area contributed by atoms with Crippen LogP contribution in [0.3, 0.4) is 0 Å². The Morgan fingerprint density at radius 2 is 1.90 bits per heavy atom. The van der Waals surface area contributed by atoms with Crippen molar-refractivity contribution in [2.75, 3.05) is 43.4 Å². The van der Waals surface area contributed by atoms with Gasteiger partial charge in [0.1, 0.15) is 5.52 Å². The quantitative estimate of drug-likeness (QED) is 0.589. The minimum atomic E-state index is -0.229. The summed E-state index contributed by atoms with van der Waals surface area (Å²) in [7, 11) is 0. The summed E-state index contributed by atoms with van der Waals surface area (Å²) in [4.78, 5) is 32.8. The molecule has 7 nitrogen and oxygen atoms in total. The number of anilines is 1. The van der Waals surface area contributed by atoms with Gasteiger partial charge in [0.05, 0.1) is 12.3 Å². The van der Waals surface area contributed by atoms with Crippen molar-refractivity contribution in [1.29, 1.82) is 0 Å². The summed E-state index contributed by atoms with van der Waals surface area (Å²) in [6.07, 6.45) is 0. The molecule has 30 heavy (non-hydrogen) atoms. The van der Waals surface area contributed by atoms with E-state index >= 15 is 0 Å². The normalized spacial score (nSPS) is 14.2. The molecule has 0 spiro atoms. The number of amides is 2. The van der Waals surface area contributed by atoms with E-state index in [1.165, 1.54) is 11.8 Å². The number of carbonyl (C=O) groups is 2. The van der Waals surface area contributed by atoms with Crippen LogP contribution in [0.15, 0.2) is 58.2 Å². The molecule has 1 saturated heterocycles. The highest BCUT2D eigenvalue weighted by Gasteiger charge is 2.21. The van der Waals surface area contributed by atoms with Crippen molar-refractivity contribution < 1.29 is 14.0 Å². The second-order valence-electron chi connectivity index (χ2n) is 6.86. The molecule has 2 heterocycles. The van der Waals surface area contributed by atoms with Crippen LogP contribution in [0.25, 0.3) is 11.1 Å². The Balaban J connectivity index is 1.19. The zero-order valence-corrected chi connectivity index (χ0v) is 17.8. The van der Waals surface area contributed by atoms with Crippen LogP contribution in [0.5, 0.6) is 0 Å². The molecule has 4 rings (SSSR count). The molecule has 3 aromatic rings. The number of rotatable bonds is 6. The van der Waals surface area contributed by atoms with Crippen LogP contribution in [-0.2, 0) is 9.59 Å². The third kappa shape index (κ3) is 5.06. The summed E-state index contributed by atoms with van der Waals surface area (Å²) in [5.41, 5.74) is 2.50. The Labute approximate surface area is 183 Å². The number of hydrogen-bond donors (Lipinski definition) is 1. The van der Waals surface area contributed by atoms with E-state index in [1.807, 2.05) is 48.5 Å². The number of nitrogens with zero attached hydrogens (tertiary/aromatic N) is 3. The number of fused-ring (bicyclic) bond motifs is 1. The molecule has 0 atom stereocenters. The number of para-hydroxylation sites is 2. The first kappa shape index (κ1) is 20.6. The fraction of sp³-hybridized carbons (Fsp3) is 0.286. The number of thioether (sulfide) groups is 1. The van der Waals surface area contributed by atoms with Gasteiger partial charge < -0.3 is 19.5 Å². The third-order valence-electron chi connectivity index (χ3n) is 4.84. The average molecular weight is 445 g/mol. The molecule has 0 unspecified atom stereocenters. The van der Waals surface area contributed by atoms with Gasteiger partial charge in [0, 0.05) is 36.9 Å². The highest BCUT2D eigenvalue weighted by Crippen LogP contribution is 2.23. The van der Waals surface area contributed by atoms with Gasteiger partial charge in [-0.05, 0) is 30.3 Å². The van der Waals surface area contributed by atoms with Gasteiger partial charge >= 0.3 is 0 Å². The first-order valence-electron chi connectivity index (χ1n) is 9.62. The van der Waals surface area contributed by atoms with E-state index in [2.05, 4.69) is 15.2 Å². The average Bonchev–Trinajstić information content (AvgIpc) is 3.19.